The Balaban J connectivity index is 1.89. The van der Waals surface area contributed by atoms with Crippen LogP contribution in [0.2, 0.25) is 0 Å². The lowest BCUT2D eigenvalue weighted by atomic mass is 9.82. The van der Waals surface area contributed by atoms with Gasteiger partial charge in [-0.2, -0.15) is 0 Å². The molecule has 1 heteroatoms. The van der Waals surface area contributed by atoms with Crippen molar-refractivity contribution in [1.82, 2.24) is 5.32 Å². The Morgan fingerprint density at radius 2 is 1.90 bits per heavy atom. The average Bonchev–Trinajstić information content (AvgIpc) is 2.49. The molecular weight excluding hydrogens is 242 g/mol. The van der Waals surface area contributed by atoms with E-state index in [-0.39, 0.29) is 0 Å². The number of fused-ring (bicyclic) bond motifs is 1. The molecule has 2 atom stereocenters. The zero-order valence-corrected chi connectivity index (χ0v) is 12.4. The van der Waals surface area contributed by atoms with Gasteiger partial charge in [-0.05, 0) is 28.7 Å². The maximum Gasteiger partial charge on any atom is 0.0389 e. The Hall–Kier alpha value is -1.60. The van der Waals surface area contributed by atoms with Crippen LogP contribution in [0.25, 0.3) is 0 Å². The van der Waals surface area contributed by atoms with Crippen LogP contribution in [0.4, 0.5) is 0 Å². The van der Waals surface area contributed by atoms with E-state index in [0.29, 0.717) is 12.0 Å². The molecular formula is C19H23N. The van der Waals surface area contributed by atoms with E-state index in [0.717, 1.165) is 6.54 Å². The predicted octanol–water partition coefficient (Wildman–Crippen LogP) is 4.59. The van der Waals surface area contributed by atoms with Crippen molar-refractivity contribution in [2.24, 2.45) is 0 Å². The number of benzene rings is 2. The normalized spacial score (nSPS) is 21.5. The highest BCUT2D eigenvalue weighted by atomic mass is 14.9. The van der Waals surface area contributed by atoms with E-state index in [1.165, 1.54) is 35.1 Å². The van der Waals surface area contributed by atoms with Crippen molar-refractivity contribution in [3.8, 4) is 0 Å². The molecule has 1 aliphatic rings. The molecule has 0 aliphatic carbocycles. The lowest BCUT2D eigenvalue weighted by molar-refractivity contribution is 0.433. The highest BCUT2D eigenvalue weighted by Crippen LogP contribution is 2.36. The summed E-state index contributed by atoms with van der Waals surface area (Å²) < 4.78 is 0. The Morgan fingerprint density at radius 1 is 1.10 bits per heavy atom. The number of rotatable bonds is 3. The first-order valence-electron chi connectivity index (χ1n) is 7.69. The van der Waals surface area contributed by atoms with Gasteiger partial charge in [0.05, 0.1) is 0 Å². The van der Waals surface area contributed by atoms with Gasteiger partial charge in [0, 0.05) is 18.5 Å². The number of nitrogens with one attached hydrogen (secondary N) is 1. The van der Waals surface area contributed by atoms with Gasteiger partial charge in [-0.3, -0.25) is 0 Å². The molecule has 2 aromatic rings. The van der Waals surface area contributed by atoms with E-state index in [9.17, 15) is 0 Å². The van der Waals surface area contributed by atoms with Gasteiger partial charge in [-0.15, -0.1) is 0 Å². The number of hydrogen-bond donors (Lipinski definition) is 1. The van der Waals surface area contributed by atoms with Gasteiger partial charge in [-0.1, -0.05) is 68.8 Å². The van der Waals surface area contributed by atoms with Crippen LogP contribution in [0.3, 0.4) is 0 Å². The molecule has 20 heavy (non-hydrogen) atoms. The Kier molecular flexibility index (Phi) is 3.88. The zero-order valence-electron chi connectivity index (χ0n) is 12.4. The fraction of sp³-hybridized carbons (Fsp3) is 0.368. The second kappa shape index (κ2) is 5.80. The number of hydrogen-bond acceptors (Lipinski definition) is 1. The Bertz CT molecular complexity index is 574. The summed E-state index contributed by atoms with van der Waals surface area (Å²) in [6.45, 7) is 5.56. The quantitative estimate of drug-likeness (QED) is 0.856. The Labute approximate surface area is 122 Å². The van der Waals surface area contributed by atoms with Crippen LogP contribution in [0.1, 0.15) is 54.5 Å². The van der Waals surface area contributed by atoms with Gasteiger partial charge >= 0.3 is 0 Å². The minimum atomic E-state index is 0.431. The van der Waals surface area contributed by atoms with Gasteiger partial charge < -0.3 is 5.32 Å². The largest absolute Gasteiger partial charge is 0.305 e. The maximum absolute atomic E-state index is 3.71. The summed E-state index contributed by atoms with van der Waals surface area (Å²) in [6, 6.07) is 18.3. The number of aryl methyl sites for hydroxylation is 1. The summed E-state index contributed by atoms with van der Waals surface area (Å²) in [5.74, 6) is 0.525. The van der Waals surface area contributed by atoms with E-state index in [1.807, 2.05) is 0 Å². The third-order valence-corrected chi connectivity index (χ3v) is 4.41. The molecule has 1 aliphatic heterocycles. The molecule has 1 nitrogen and oxygen atoms in total. The highest BCUT2D eigenvalue weighted by Gasteiger charge is 2.26. The smallest absolute Gasteiger partial charge is 0.0389 e. The van der Waals surface area contributed by atoms with Crippen molar-refractivity contribution in [3.63, 3.8) is 0 Å². The minimum Gasteiger partial charge on any atom is -0.305 e. The van der Waals surface area contributed by atoms with Gasteiger partial charge in [0.2, 0.25) is 0 Å². The highest BCUT2D eigenvalue weighted by molar-refractivity contribution is 5.39. The first kappa shape index (κ1) is 13.4. The molecule has 3 rings (SSSR count). The summed E-state index contributed by atoms with van der Waals surface area (Å²) in [4.78, 5) is 0. The molecule has 0 aromatic heterocycles. The van der Waals surface area contributed by atoms with E-state index in [2.05, 4.69) is 67.7 Å². The van der Waals surface area contributed by atoms with Crippen LogP contribution in [-0.4, -0.2) is 0 Å². The fourth-order valence-corrected chi connectivity index (χ4v) is 3.34. The predicted molar refractivity (Wildman–Crippen MR) is 84.9 cm³/mol. The van der Waals surface area contributed by atoms with E-state index < -0.39 is 0 Å². The second-order valence-corrected chi connectivity index (χ2v) is 5.84. The van der Waals surface area contributed by atoms with Gasteiger partial charge in [0.1, 0.15) is 0 Å². The topological polar surface area (TPSA) is 12.0 Å². The van der Waals surface area contributed by atoms with Crippen LogP contribution in [0, 0.1) is 0 Å². The third-order valence-electron chi connectivity index (χ3n) is 4.41. The van der Waals surface area contributed by atoms with Crippen LogP contribution in [-0.2, 0) is 13.0 Å². The second-order valence-electron chi connectivity index (χ2n) is 5.84. The average molecular weight is 265 g/mol. The van der Waals surface area contributed by atoms with Crippen molar-refractivity contribution >= 4 is 0 Å². The molecule has 2 aromatic carbocycles. The van der Waals surface area contributed by atoms with Gasteiger partial charge in [0.15, 0.2) is 0 Å². The molecule has 0 amide bonds. The van der Waals surface area contributed by atoms with E-state index >= 15 is 0 Å². The molecule has 0 radical (unpaired) electrons. The van der Waals surface area contributed by atoms with Crippen LogP contribution >= 0.6 is 0 Å². The van der Waals surface area contributed by atoms with Gasteiger partial charge in [-0.25, -0.2) is 0 Å². The van der Waals surface area contributed by atoms with Gasteiger partial charge in [0.25, 0.3) is 0 Å². The summed E-state index contributed by atoms with van der Waals surface area (Å²) >= 11 is 0. The van der Waals surface area contributed by atoms with Crippen molar-refractivity contribution in [1.29, 1.82) is 0 Å². The standard InChI is InChI=1S/C19H23N/c1-3-7-15-10-11-18-14(2)19(20-13-17(18)12-15)16-8-5-4-6-9-16/h4-6,8-12,14,19-20H,3,7,13H2,1-2H3. The summed E-state index contributed by atoms with van der Waals surface area (Å²) in [5, 5.41) is 3.71. The molecule has 0 saturated heterocycles. The summed E-state index contributed by atoms with van der Waals surface area (Å²) in [5.41, 5.74) is 5.86. The molecule has 0 saturated carbocycles. The molecule has 1 heterocycles. The summed E-state index contributed by atoms with van der Waals surface area (Å²) in [6.07, 6.45) is 2.40. The van der Waals surface area contributed by atoms with Crippen molar-refractivity contribution < 1.29 is 0 Å². The van der Waals surface area contributed by atoms with Crippen molar-refractivity contribution in [2.75, 3.05) is 0 Å². The first-order valence-corrected chi connectivity index (χ1v) is 7.69. The van der Waals surface area contributed by atoms with Crippen molar-refractivity contribution in [2.45, 2.75) is 45.2 Å². The summed E-state index contributed by atoms with van der Waals surface area (Å²) in [7, 11) is 0. The molecule has 0 fully saturated rings. The maximum atomic E-state index is 3.71. The van der Waals surface area contributed by atoms with Crippen LogP contribution < -0.4 is 5.32 Å². The molecule has 0 spiro atoms. The molecule has 0 bridgehead atoms. The molecule has 1 N–H and O–H groups in total. The Morgan fingerprint density at radius 3 is 2.65 bits per heavy atom. The molecule has 104 valence electrons. The van der Waals surface area contributed by atoms with E-state index in [4.69, 9.17) is 0 Å². The minimum absolute atomic E-state index is 0.431. The lowest BCUT2D eigenvalue weighted by Gasteiger charge is -2.33. The third kappa shape index (κ3) is 2.51. The molecule has 2 unspecified atom stereocenters. The lowest BCUT2D eigenvalue weighted by Crippen LogP contribution is -2.31. The fourth-order valence-electron chi connectivity index (χ4n) is 3.34. The zero-order chi connectivity index (χ0) is 13.9. The monoisotopic (exact) mass is 265 g/mol. The van der Waals surface area contributed by atoms with E-state index in [1.54, 1.807) is 0 Å². The van der Waals surface area contributed by atoms with Crippen molar-refractivity contribution in [3.05, 3.63) is 70.8 Å². The first-order chi connectivity index (χ1) is 9.79. The SMILES string of the molecule is CCCc1ccc2c(c1)CNC(c1ccccc1)C2C. The van der Waals surface area contributed by atoms with Crippen LogP contribution in [0.15, 0.2) is 48.5 Å². The van der Waals surface area contributed by atoms with Crippen LogP contribution in [0.5, 0.6) is 0 Å².